The van der Waals surface area contributed by atoms with E-state index in [1.165, 1.54) is 10.7 Å². The molecule has 0 radical (unpaired) electrons. The fourth-order valence-corrected chi connectivity index (χ4v) is 3.31. The van der Waals surface area contributed by atoms with Crippen LogP contribution in [0, 0.1) is 0 Å². The topological polar surface area (TPSA) is 111 Å². The second kappa shape index (κ2) is 8.06. The third-order valence-corrected chi connectivity index (χ3v) is 4.93. The van der Waals surface area contributed by atoms with Crippen LogP contribution in [0.5, 0.6) is 23.0 Å². The first-order chi connectivity index (χ1) is 15.6. The fraction of sp³-hybridized carbons (Fsp3) is 0.182. The number of aromatic nitrogens is 4. The van der Waals surface area contributed by atoms with Crippen molar-refractivity contribution in [2.24, 2.45) is 0 Å². The van der Waals surface area contributed by atoms with Gasteiger partial charge in [-0.05, 0) is 42.5 Å². The smallest absolute Gasteiger partial charge is 0.267 e. The van der Waals surface area contributed by atoms with Crippen LogP contribution in [0.1, 0.15) is 5.89 Å². The van der Waals surface area contributed by atoms with Gasteiger partial charge in [-0.25, -0.2) is 4.68 Å². The first-order valence-corrected chi connectivity index (χ1v) is 9.68. The Morgan fingerprint density at radius 2 is 1.75 bits per heavy atom. The maximum absolute atomic E-state index is 12.4. The molecule has 1 aliphatic heterocycles. The lowest BCUT2D eigenvalue weighted by Gasteiger charge is -2.10. The van der Waals surface area contributed by atoms with Crippen LogP contribution in [-0.2, 0) is 6.54 Å². The van der Waals surface area contributed by atoms with E-state index >= 15 is 0 Å². The molecule has 0 saturated carbocycles. The summed E-state index contributed by atoms with van der Waals surface area (Å²) in [6, 6.07) is 13.9. The Hall–Kier alpha value is -4.34. The molecule has 0 fully saturated rings. The minimum atomic E-state index is -0.294. The molecular weight excluding hydrogens is 416 g/mol. The first-order valence-electron chi connectivity index (χ1n) is 9.68. The summed E-state index contributed by atoms with van der Waals surface area (Å²) in [6.07, 6.45) is 0. The van der Waals surface area contributed by atoms with E-state index in [9.17, 15) is 4.79 Å². The number of benzene rings is 2. The van der Waals surface area contributed by atoms with E-state index in [2.05, 4.69) is 15.2 Å². The van der Waals surface area contributed by atoms with Crippen LogP contribution in [0.15, 0.2) is 57.8 Å². The highest BCUT2D eigenvalue weighted by atomic mass is 16.7. The second-order valence-corrected chi connectivity index (χ2v) is 6.86. The normalized spacial score (nSPS) is 12.1. The van der Waals surface area contributed by atoms with E-state index in [-0.39, 0.29) is 24.8 Å². The number of fused-ring (bicyclic) bond motifs is 1. The van der Waals surface area contributed by atoms with E-state index in [1.807, 2.05) is 12.1 Å². The zero-order valence-corrected chi connectivity index (χ0v) is 17.3. The van der Waals surface area contributed by atoms with Crippen molar-refractivity contribution in [3.63, 3.8) is 0 Å². The van der Waals surface area contributed by atoms with Gasteiger partial charge in [0.05, 0.1) is 19.9 Å². The summed E-state index contributed by atoms with van der Waals surface area (Å²) in [4.78, 5) is 16.8. The largest absolute Gasteiger partial charge is 0.493 e. The summed E-state index contributed by atoms with van der Waals surface area (Å²) < 4.78 is 27.9. The summed E-state index contributed by atoms with van der Waals surface area (Å²) in [5.74, 6) is 3.08. The molecule has 10 heteroatoms. The third kappa shape index (κ3) is 3.62. The molecule has 0 bridgehead atoms. The van der Waals surface area contributed by atoms with Crippen molar-refractivity contribution < 1.29 is 23.5 Å². The minimum Gasteiger partial charge on any atom is -0.493 e. The Kier molecular flexibility index (Phi) is 4.94. The molecular formula is C22H18N4O6. The summed E-state index contributed by atoms with van der Waals surface area (Å²) >= 11 is 0. The van der Waals surface area contributed by atoms with E-state index in [1.54, 1.807) is 44.6 Å². The molecule has 0 atom stereocenters. The standard InChI is InChI=1S/C22H18N4O6/c1-28-16-6-3-13(9-18(16)29-2)15-5-8-21(27)26(24-15)11-20-23-22(25-32-20)14-4-7-17-19(10-14)31-12-30-17/h3-10H,11-12H2,1-2H3. The molecule has 0 saturated heterocycles. The van der Waals surface area contributed by atoms with Gasteiger partial charge in [-0.1, -0.05) is 5.16 Å². The van der Waals surface area contributed by atoms with Gasteiger partial charge < -0.3 is 23.5 Å². The lowest BCUT2D eigenvalue weighted by atomic mass is 10.1. The van der Waals surface area contributed by atoms with Gasteiger partial charge in [0.15, 0.2) is 23.0 Å². The van der Waals surface area contributed by atoms with Crippen molar-refractivity contribution >= 4 is 0 Å². The van der Waals surface area contributed by atoms with E-state index in [0.717, 1.165) is 5.56 Å². The van der Waals surface area contributed by atoms with Gasteiger partial charge in [0, 0.05) is 17.2 Å². The molecule has 3 heterocycles. The van der Waals surface area contributed by atoms with E-state index < -0.39 is 0 Å². The lowest BCUT2D eigenvalue weighted by molar-refractivity contribution is 0.174. The van der Waals surface area contributed by atoms with Crippen LogP contribution >= 0.6 is 0 Å². The highest BCUT2D eigenvalue weighted by Crippen LogP contribution is 2.35. The molecule has 2 aromatic carbocycles. The Balaban J connectivity index is 1.41. The molecule has 0 unspecified atom stereocenters. The Morgan fingerprint density at radius 3 is 2.59 bits per heavy atom. The molecule has 0 aliphatic carbocycles. The summed E-state index contributed by atoms with van der Waals surface area (Å²) in [5, 5.41) is 8.45. The second-order valence-electron chi connectivity index (χ2n) is 6.86. The van der Waals surface area contributed by atoms with Gasteiger partial charge in [-0.15, -0.1) is 0 Å². The van der Waals surface area contributed by atoms with Crippen LogP contribution < -0.4 is 24.5 Å². The van der Waals surface area contributed by atoms with Crippen molar-refractivity contribution in [3.8, 4) is 45.6 Å². The maximum atomic E-state index is 12.4. The quantitative estimate of drug-likeness (QED) is 0.452. The SMILES string of the molecule is COc1ccc(-c2ccc(=O)n(Cc3nc(-c4ccc5c(c4)OCO5)no3)n2)cc1OC. The Bertz CT molecular complexity index is 1350. The number of hydrogen-bond donors (Lipinski definition) is 0. The molecule has 4 aromatic rings. The highest BCUT2D eigenvalue weighted by Gasteiger charge is 2.17. The van der Waals surface area contributed by atoms with Gasteiger partial charge in [0.25, 0.3) is 5.56 Å². The van der Waals surface area contributed by atoms with Crippen molar-refractivity contribution in [2.45, 2.75) is 6.54 Å². The molecule has 10 nitrogen and oxygen atoms in total. The van der Waals surface area contributed by atoms with Gasteiger partial charge >= 0.3 is 0 Å². The predicted molar refractivity (Wildman–Crippen MR) is 112 cm³/mol. The van der Waals surface area contributed by atoms with Gasteiger partial charge in [-0.3, -0.25) is 4.79 Å². The molecule has 32 heavy (non-hydrogen) atoms. The highest BCUT2D eigenvalue weighted by molar-refractivity contribution is 5.63. The number of methoxy groups -OCH3 is 2. The zero-order valence-electron chi connectivity index (χ0n) is 17.3. The van der Waals surface area contributed by atoms with E-state index in [4.69, 9.17) is 23.5 Å². The van der Waals surface area contributed by atoms with Crippen molar-refractivity contribution in [1.29, 1.82) is 0 Å². The van der Waals surface area contributed by atoms with Crippen molar-refractivity contribution in [3.05, 3.63) is 64.8 Å². The Labute approximate surface area is 181 Å². The number of hydrogen-bond acceptors (Lipinski definition) is 9. The van der Waals surface area contributed by atoms with Crippen LogP contribution in [0.4, 0.5) is 0 Å². The van der Waals surface area contributed by atoms with Crippen LogP contribution in [-0.4, -0.2) is 40.9 Å². The number of nitrogens with zero attached hydrogens (tertiary/aromatic N) is 4. The molecule has 0 spiro atoms. The van der Waals surface area contributed by atoms with Crippen molar-refractivity contribution in [1.82, 2.24) is 19.9 Å². The molecule has 2 aromatic heterocycles. The Morgan fingerprint density at radius 1 is 0.938 bits per heavy atom. The molecule has 162 valence electrons. The average Bonchev–Trinajstić information content (AvgIpc) is 3.49. The maximum Gasteiger partial charge on any atom is 0.267 e. The first kappa shape index (κ1) is 19.6. The minimum absolute atomic E-state index is 0.0253. The number of rotatable bonds is 6. The molecule has 0 amide bonds. The summed E-state index contributed by atoms with van der Waals surface area (Å²) in [5.41, 5.74) is 1.77. The van der Waals surface area contributed by atoms with Gasteiger partial charge in [0.1, 0.15) is 6.54 Å². The number of ether oxygens (including phenoxy) is 4. The summed E-state index contributed by atoms with van der Waals surface area (Å²) in [6.45, 7) is 0.207. The third-order valence-electron chi connectivity index (χ3n) is 4.93. The molecule has 1 aliphatic rings. The monoisotopic (exact) mass is 434 g/mol. The van der Waals surface area contributed by atoms with Crippen molar-refractivity contribution in [2.75, 3.05) is 21.0 Å². The summed E-state index contributed by atoms with van der Waals surface area (Å²) in [7, 11) is 3.13. The molecule has 5 rings (SSSR count). The average molecular weight is 434 g/mol. The van der Waals surface area contributed by atoms with Gasteiger partial charge in [0.2, 0.25) is 18.5 Å². The van der Waals surface area contributed by atoms with E-state index in [0.29, 0.717) is 40.1 Å². The zero-order chi connectivity index (χ0) is 22.1. The predicted octanol–water partition coefficient (Wildman–Crippen LogP) is 2.75. The van der Waals surface area contributed by atoms with Crippen LogP contribution in [0.25, 0.3) is 22.6 Å². The fourth-order valence-electron chi connectivity index (χ4n) is 3.31. The molecule has 0 N–H and O–H groups in total. The van der Waals surface area contributed by atoms with Gasteiger partial charge in [-0.2, -0.15) is 10.1 Å². The lowest BCUT2D eigenvalue weighted by Crippen LogP contribution is -2.23. The van der Waals surface area contributed by atoms with Crippen LogP contribution in [0.3, 0.4) is 0 Å². The van der Waals surface area contributed by atoms with Crippen LogP contribution in [0.2, 0.25) is 0 Å².